The first-order valence-electron chi connectivity index (χ1n) is 4.73. The molecule has 0 aliphatic rings. The van der Waals surface area contributed by atoms with Gasteiger partial charge in [0.25, 0.3) is 0 Å². The number of nitrogens with one attached hydrogen (secondary N) is 1. The summed E-state index contributed by atoms with van der Waals surface area (Å²) in [7, 11) is 1.52. The number of carbonyl (C=O) groups is 1. The van der Waals surface area contributed by atoms with Crippen LogP contribution in [0.25, 0.3) is 0 Å². The van der Waals surface area contributed by atoms with Crippen molar-refractivity contribution in [3.8, 4) is 0 Å². The summed E-state index contributed by atoms with van der Waals surface area (Å²) in [6.45, 7) is 2.17. The molecule has 0 aliphatic carbocycles. The Morgan fingerprint density at radius 1 is 1.73 bits per heavy atom. The van der Waals surface area contributed by atoms with Crippen LogP contribution in [0, 0.1) is 0 Å². The van der Waals surface area contributed by atoms with Crippen LogP contribution in [0.3, 0.4) is 0 Å². The van der Waals surface area contributed by atoms with E-state index in [4.69, 9.17) is 10.5 Å². The van der Waals surface area contributed by atoms with Gasteiger partial charge in [-0.3, -0.25) is 4.79 Å². The maximum absolute atomic E-state index is 11.5. The number of ether oxygens (including phenoxy) is 1. The lowest BCUT2D eigenvalue weighted by atomic mass is 10.2. The molecule has 1 unspecified atom stereocenters. The van der Waals surface area contributed by atoms with E-state index < -0.39 is 6.04 Å². The molecule has 0 spiro atoms. The van der Waals surface area contributed by atoms with Crippen LogP contribution in [0.2, 0.25) is 0 Å². The highest BCUT2D eigenvalue weighted by molar-refractivity contribution is 7.10. The number of rotatable bonds is 5. The highest BCUT2D eigenvalue weighted by Crippen LogP contribution is 2.17. The number of hydrogen-bond donors (Lipinski definition) is 2. The Kier molecular flexibility index (Phi) is 4.74. The quantitative estimate of drug-likeness (QED) is 0.787. The summed E-state index contributed by atoms with van der Waals surface area (Å²) >= 11 is 1.61. The van der Waals surface area contributed by atoms with E-state index in [2.05, 4.69) is 5.32 Å². The van der Waals surface area contributed by atoms with Crippen LogP contribution in [0.1, 0.15) is 17.8 Å². The Morgan fingerprint density at radius 2 is 2.47 bits per heavy atom. The van der Waals surface area contributed by atoms with Crippen molar-refractivity contribution in [1.29, 1.82) is 0 Å². The van der Waals surface area contributed by atoms with Crippen molar-refractivity contribution < 1.29 is 9.53 Å². The predicted molar refractivity (Wildman–Crippen MR) is 60.7 cm³/mol. The van der Waals surface area contributed by atoms with Gasteiger partial charge in [-0.15, -0.1) is 11.3 Å². The lowest BCUT2D eigenvalue weighted by Crippen LogP contribution is -2.44. The summed E-state index contributed by atoms with van der Waals surface area (Å²) in [6, 6.07) is 3.34. The van der Waals surface area contributed by atoms with Crippen LogP contribution in [0.15, 0.2) is 17.5 Å². The molecule has 0 bridgehead atoms. The van der Waals surface area contributed by atoms with E-state index in [0.717, 1.165) is 4.88 Å². The molecule has 1 rings (SSSR count). The number of amides is 1. The second-order valence-corrected chi connectivity index (χ2v) is 4.29. The summed E-state index contributed by atoms with van der Waals surface area (Å²) in [5, 5.41) is 4.81. The summed E-state index contributed by atoms with van der Waals surface area (Å²) in [5.41, 5.74) is 5.60. The Morgan fingerprint density at radius 3 is 3.00 bits per heavy atom. The van der Waals surface area contributed by atoms with Gasteiger partial charge in [0, 0.05) is 12.0 Å². The van der Waals surface area contributed by atoms with Gasteiger partial charge in [0.1, 0.15) is 6.04 Å². The van der Waals surface area contributed by atoms with E-state index >= 15 is 0 Å². The minimum absolute atomic E-state index is 0.000376. The van der Waals surface area contributed by atoms with Crippen LogP contribution in [-0.2, 0) is 9.53 Å². The van der Waals surface area contributed by atoms with E-state index in [9.17, 15) is 4.79 Å². The monoisotopic (exact) mass is 228 g/mol. The first kappa shape index (κ1) is 12.2. The van der Waals surface area contributed by atoms with E-state index in [1.54, 1.807) is 11.3 Å². The molecule has 15 heavy (non-hydrogen) atoms. The number of methoxy groups -OCH3 is 1. The summed E-state index contributed by atoms with van der Waals surface area (Å²) in [6.07, 6.45) is 0. The number of carbonyl (C=O) groups excluding carboxylic acids is 1. The van der Waals surface area contributed by atoms with Gasteiger partial charge in [-0.05, 0) is 18.4 Å². The predicted octanol–water partition coefficient (Wildman–Crippen LogP) is 0.899. The average Bonchev–Trinajstić information content (AvgIpc) is 2.70. The summed E-state index contributed by atoms with van der Waals surface area (Å²) in [5.74, 6) is -0.183. The molecule has 3 N–H and O–H groups in total. The van der Waals surface area contributed by atoms with Crippen molar-refractivity contribution in [2.75, 3.05) is 13.7 Å². The molecule has 0 aliphatic heterocycles. The fraction of sp³-hybridized carbons (Fsp3) is 0.500. The third-order valence-electron chi connectivity index (χ3n) is 2.01. The van der Waals surface area contributed by atoms with E-state index in [0.29, 0.717) is 0 Å². The second-order valence-electron chi connectivity index (χ2n) is 3.31. The minimum atomic E-state index is -0.600. The van der Waals surface area contributed by atoms with Crippen LogP contribution in [-0.4, -0.2) is 25.7 Å². The van der Waals surface area contributed by atoms with Crippen LogP contribution in [0.4, 0.5) is 0 Å². The number of thiophene rings is 1. The Labute approximate surface area is 93.4 Å². The molecule has 0 aromatic carbocycles. The van der Waals surface area contributed by atoms with Crippen LogP contribution >= 0.6 is 11.3 Å². The normalized spacial score (nSPS) is 14.6. The summed E-state index contributed by atoms with van der Waals surface area (Å²) < 4.78 is 4.81. The molecule has 0 fully saturated rings. The molecule has 5 heteroatoms. The first-order chi connectivity index (χ1) is 7.15. The fourth-order valence-corrected chi connectivity index (χ4v) is 1.92. The molecule has 1 heterocycles. The molecule has 84 valence electrons. The SMILES string of the molecule is COCC(N)C(=O)N[C@@H](C)c1cccs1. The maximum atomic E-state index is 11.5. The van der Waals surface area contributed by atoms with Gasteiger partial charge in [0.2, 0.25) is 5.91 Å². The summed E-state index contributed by atoms with van der Waals surface area (Å²) in [4.78, 5) is 12.6. The molecule has 0 radical (unpaired) electrons. The van der Waals surface area contributed by atoms with E-state index in [1.807, 2.05) is 24.4 Å². The van der Waals surface area contributed by atoms with Gasteiger partial charge in [0.05, 0.1) is 12.6 Å². The molecule has 4 nitrogen and oxygen atoms in total. The Balaban J connectivity index is 2.44. The van der Waals surface area contributed by atoms with Crippen molar-refractivity contribution in [2.45, 2.75) is 19.0 Å². The molecule has 0 saturated carbocycles. The van der Waals surface area contributed by atoms with Crippen molar-refractivity contribution in [2.24, 2.45) is 5.73 Å². The van der Waals surface area contributed by atoms with Gasteiger partial charge in [-0.2, -0.15) is 0 Å². The lowest BCUT2D eigenvalue weighted by Gasteiger charge is -2.15. The van der Waals surface area contributed by atoms with Crippen LogP contribution in [0.5, 0.6) is 0 Å². The van der Waals surface area contributed by atoms with Crippen LogP contribution < -0.4 is 11.1 Å². The highest BCUT2D eigenvalue weighted by Gasteiger charge is 2.16. The molecule has 1 aromatic heterocycles. The van der Waals surface area contributed by atoms with Crippen molar-refractivity contribution in [3.05, 3.63) is 22.4 Å². The van der Waals surface area contributed by atoms with Crippen molar-refractivity contribution in [3.63, 3.8) is 0 Å². The van der Waals surface area contributed by atoms with Gasteiger partial charge in [-0.1, -0.05) is 6.07 Å². The molecular formula is C10H16N2O2S. The number of nitrogens with two attached hydrogens (primary N) is 1. The topological polar surface area (TPSA) is 64.3 Å². The fourth-order valence-electron chi connectivity index (χ4n) is 1.18. The maximum Gasteiger partial charge on any atom is 0.239 e. The molecule has 1 aromatic rings. The molecule has 0 saturated heterocycles. The van der Waals surface area contributed by atoms with Crippen molar-refractivity contribution >= 4 is 17.2 Å². The first-order valence-corrected chi connectivity index (χ1v) is 5.61. The van der Waals surface area contributed by atoms with Crippen molar-refractivity contribution in [1.82, 2.24) is 5.32 Å². The third-order valence-corrected chi connectivity index (χ3v) is 3.07. The Bertz CT molecular complexity index is 300. The third kappa shape index (κ3) is 3.62. The zero-order valence-corrected chi connectivity index (χ0v) is 9.71. The van der Waals surface area contributed by atoms with E-state index in [1.165, 1.54) is 7.11 Å². The minimum Gasteiger partial charge on any atom is -0.383 e. The van der Waals surface area contributed by atoms with Gasteiger partial charge in [-0.25, -0.2) is 0 Å². The largest absolute Gasteiger partial charge is 0.383 e. The zero-order chi connectivity index (χ0) is 11.3. The Hall–Kier alpha value is -0.910. The van der Waals surface area contributed by atoms with E-state index in [-0.39, 0.29) is 18.6 Å². The van der Waals surface area contributed by atoms with Gasteiger partial charge in [0.15, 0.2) is 0 Å². The molecule has 1 amide bonds. The zero-order valence-electron chi connectivity index (χ0n) is 8.90. The highest BCUT2D eigenvalue weighted by atomic mass is 32.1. The lowest BCUT2D eigenvalue weighted by molar-refractivity contribution is -0.124. The molecular weight excluding hydrogens is 212 g/mol. The average molecular weight is 228 g/mol. The second kappa shape index (κ2) is 5.85. The number of hydrogen-bond acceptors (Lipinski definition) is 4. The standard InChI is InChI=1S/C10H16N2O2S/c1-7(9-4-3-5-15-9)12-10(13)8(11)6-14-2/h3-5,7-8H,6,11H2,1-2H3,(H,12,13)/t7-,8?/m0/s1. The van der Waals surface area contributed by atoms with Gasteiger partial charge < -0.3 is 15.8 Å². The molecule has 2 atom stereocenters. The smallest absolute Gasteiger partial charge is 0.239 e. The van der Waals surface area contributed by atoms with Gasteiger partial charge >= 0.3 is 0 Å².